The molecule has 0 saturated heterocycles. The summed E-state index contributed by atoms with van der Waals surface area (Å²) in [6.45, 7) is 1.88. The van der Waals surface area contributed by atoms with Crippen LogP contribution in [0, 0.1) is 12.7 Å². The number of benzene rings is 2. The zero-order valence-electron chi connectivity index (χ0n) is 13.1. The number of hydrogen-bond acceptors (Lipinski definition) is 4. The van der Waals surface area contributed by atoms with Crippen molar-refractivity contribution in [1.82, 2.24) is 15.0 Å². The number of aryl methyl sites for hydroxylation is 1. The van der Waals surface area contributed by atoms with Gasteiger partial charge in [-0.1, -0.05) is 0 Å². The lowest BCUT2D eigenvalue weighted by atomic mass is 10.2. The molecule has 1 N–H and O–H groups in total. The molecule has 0 spiro atoms. The Labute approximate surface area is 137 Å². The highest BCUT2D eigenvalue weighted by Crippen LogP contribution is 2.33. The van der Waals surface area contributed by atoms with Gasteiger partial charge in [0.05, 0.1) is 18.0 Å². The molecular weight excluding hydrogens is 309 g/mol. The van der Waals surface area contributed by atoms with E-state index >= 15 is 0 Å². The molecule has 4 rings (SSSR count). The predicted octanol–water partition coefficient (Wildman–Crippen LogP) is 4.36. The van der Waals surface area contributed by atoms with Crippen molar-refractivity contribution < 1.29 is 13.9 Å². The molecule has 0 bridgehead atoms. The molecule has 0 unspecified atom stereocenters. The molecule has 0 amide bonds. The van der Waals surface area contributed by atoms with Crippen molar-refractivity contribution in [1.29, 1.82) is 0 Å². The first kappa shape index (κ1) is 14.4. The highest BCUT2D eigenvalue weighted by molar-refractivity contribution is 5.85. The van der Waals surface area contributed by atoms with Crippen molar-refractivity contribution in [3.8, 4) is 17.4 Å². The maximum atomic E-state index is 14.7. The number of nitrogens with one attached hydrogen (secondary N) is 1. The fraction of sp³-hybridized carbons (Fsp3) is 0.111. The molecule has 0 aliphatic rings. The van der Waals surface area contributed by atoms with Crippen LogP contribution in [0.1, 0.15) is 5.69 Å². The Morgan fingerprint density at radius 3 is 2.75 bits per heavy atom. The molecule has 0 atom stereocenters. The van der Waals surface area contributed by atoms with Crippen molar-refractivity contribution in [3.05, 3.63) is 54.2 Å². The Hall–Kier alpha value is -3.15. The molecular formula is C18H14FN3O2. The number of halogens is 1. The van der Waals surface area contributed by atoms with Crippen molar-refractivity contribution in [2.45, 2.75) is 6.92 Å². The van der Waals surface area contributed by atoms with Crippen molar-refractivity contribution >= 4 is 21.8 Å². The number of nitrogens with zero attached hydrogens (tertiary/aromatic N) is 2. The fourth-order valence-corrected chi connectivity index (χ4v) is 2.69. The van der Waals surface area contributed by atoms with Gasteiger partial charge in [-0.3, -0.25) is 0 Å². The minimum Gasteiger partial charge on any atom is -0.497 e. The van der Waals surface area contributed by atoms with Crippen LogP contribution in [0.4, 0.5) is 4.39 Å². The molecule has 120 valence electrons. The summed E-state index contributed by atoms with van der Waals surface area (Å²) in [6.07, 6.45) is 1.38. The first-order valence-corrected chi connectivity index (χ1v) is 7.40. The average molecular weight is 323 g/mol. The molecule has 0 aliphatic carbocycles. The van der Waals surface area contributed by atoms with Gasteiger partial charge in [0.2, 0.25) is 5.88 Å². The monoisotopic (exact) mass is 323 g/mol. The Morgan fingerprint density at radius 1 is 1.04 bits per heavy atom. The summed E-state index contributed by atoms with van der Waals surface area (Å²) >= 11 is 0. The first-order chi connectivity index (χ1) is 11.7. The fourth-order valence-electron chi connectivity index (χ4n) is 2.69. The van der Waals surface area contributed by atoms with E-state index in [0.29, 0.717) is 27.9 Å². The van der Waals surface area contributed by atoms with E-state index in [4.69, 9.17) is 9.47 Å². The minimum atomic E-state index is -0.419. The largest absolute Gasteiger partial charge is 0.497 e. The third kappa shape index (κ3) is 2.32. The van der Waals surface area contributed by atoms with E-state index in [2.05, 4.69) is 15.0 Å². The van der Waals surface area contributed by atoms with E-state index in [1.54, 1.807) is 43.5 Å². The van der Waals surface area contributed by atoms with Gasteiger partial charge >= 0.3 is 0 Å². The maximum Gasteiger partial charge on any atom is 0.230 e. The summed E-state index contributed by atoms with van der Waals surface area (Å²) in [4.78, 5) is 11.4. The molecule has 0 fully saturated rings. The molecule has 24 heavy (non-hydrogen) atoms. The lowest BCUT2D eigenvalue weighted by molar-refractivity contribution is 0.415. The molecule has 6 heteroatoms. The Kier molecular flexibility index (Phi) is 3.30. The Balaban J connectivity index is 1.80. The lowest BCUT2D eigenvalue weighted by Gasteiger charge is -2.09. The van der Waals surface area contributed by atoms with Gasteiger partial charge in [0.15, 0.2) is 11.6 Å². The SMILES string of the molecule is COc1ccc2c(Oc3ccc4[nH]c(C)cc4c3F)ncnc2c1. The van der Waals surface area contributed by atoms with E-state index in [9.17, 15) is 4.39 Å². The van der Waals surface area contributed by atoms with Crippen LogP contribution in [0.2, 0.25) is 0 Å². The van der Waals surface area contributed by atoms with Crippen LogP contribution in [-0.4, -0.2) is 22.1 Å². The van der Waals surface area contributed by atoms with Gasteiger partial charge < -0.3 is 14.5 Å². The second-order valence-electron chi connectivity index (χ2n) is 5.46. The van der Waals surface area contributed by atoms with Crippen molar-refractivity contribution in [2.24, 2.45) is 0 Å². The van der Waals surface area contributed by atoms with Gasteiger partial charge in [0.25, 0.3) is 0 Å². The maximum absolute atomic E-state index is 14.7. The van der Waals surface area contributed by atoms with Gasteiger partial charge in [-0.25, -0.2) is 14.4 Å². The third-order valence-corrected chi connectivity index (χ3v) is 3.85. The molecule has 2 aromatic carbocycles. The zero-order chi connectivity index (χ0) is 16.7. The topological polar surface area (TPSA) is 60.0 Å². The van der Waals surface area contributed by atoms with E-state index in [-0.39, 0.29) is 5.75 Å². The van der Waals surface area contributed by atoms with E-state index in [1.165, 1.54) is 6.33 Å². The summed E-state index contributed by atoms with van der Waals surface area (Å²) in [5.41, 5.74) is 2.29. The van der Waals surface area contributed by atoms with Gasteiger partial charge in [-0.15, -0.1) is 0 Å². The van der Waals surface area contributed by atoms with Crippen LogP contribution >= 0.6 is 0 Å². The zero-order valence-corrected chi connectivity index (χ0v) is 13.1. The first-order valence-electron chi connectivity index (χ1n) is 7.40. The minimum absolute atomic E-state index is 0.123. The quantitative estimate of drug-likeness (QED) is 0.608. The van der Waals surface area contributed by atoms with Crippen LogP contribution in [0.3, 0.4) is 0 Å². The normalized spacial score (nSPS) is 11.1. The van der Waals surface area contributed by atoms with Crippen molar-refractivity contribution in [2.75, 3.05) is 7.11 Å². The number of aromatic nitrogens is 3. The van der Waals surface area contributed by atoms with Crippen LogP contribution in [0.25, 0.3) is 21.8 Å². The molecule has 2 heterocycles. The van der Waals surface area contributed by atoms with E-state index in [1.807, 2.05) is 6.92 Å². The summed E-state index contributed by atoms with van der Waals surface area (Å²) in [7, 11) is 1.59. The van der Waals surface area contributed by atoms with Gasteiger partial charge in [0.1, 0.15) is 12.1 Å². The molecule has 2 aromatic heterocycles. The number of fused-ring (bicyclic) bond motifs is 2. The van der Waals surface area contributed by atoms with Crippen LogP contribution in [-0.2, 0) is 0 Å². The number of H-pyrrole nitrogens is 1. The standard InChI is InChI=1S/C18H14FN3O2/c1-10-7-13-14(22-10)5-6-16(17(13)19)24-18-12-4-3-11(23-2)8-15(12)20-9-21-18/h3-9,22H,1-2H3. The smallest absolute Gasteiger partial charge is 0.230 e. The number of rotatable bonds is 3. The molecule has 4 aromatic rings. The second-order valence-corrected chi connectivity index (χ2v) is 5.46. The lowest BCUT2D eigenvalue weighted by Crippen LogP contribution is -1.94. The van der Waals surface area contributed by atoms with Crippen LogP contribution < -0.4 is 9.47 Å². The van der Waals surface area contributed by atoms with Gasteiger partial charge in [-0.2, -0.15) is 0 Å². The Bertz CT molecular complexity index is 1060. The Morgan fingerprint density at radius 2 is 1.92 bits per heavy atom. The van der Waals surface area contributed by atoms with Crippen molar-refractivity contribution in [3.63, 3.8) is 0 Å². The van der Waals surface area contributed by atoms with Gasteiger partial charge in [0, 0.05) is 22.7 Å². The molecule has 0 radical (unpaired) electrons. The number of ether oxygens (including phenoxy) is 2. The highest BCUT2D eigenvalue weighted by Gasteiger charge is 2.14. The number of hydrogen-bond donors (Lipinski definition) is 1. The number of methoxy groups -OCH3 is 1. The predicted molar refractivity (Wildman–Crippen MR) is 89.2 cm³/mol. The summed E-state index contributed by atoms with van der Waals surface area (Å²) in [6, 6.07) is 10.5. The molecule has 0 aliphatic heterocycles. The van der Waals surface area contributed by atoms with Gasteiger partial charge in [-0.05, 0) is 37.3 Å². The van der Waals surface area contributed by atoms with E-state index < -0.39 is 5.82 Å². The molecule has 5 nitrogen and oxygen atoms in total. The average Bonchev–Trinajstić information content (AvgIpc) is 2.98. The van der Waals surface area contributed by atoms with Crippen LogP contribution in [0.5, 0.6) is 17.4 Å². The summed E-state index contributed by atoms with van der Waals surface area (Å²) in [5, 5.41) is 1.17. The third-order valence-electron chi connectivity index (χ3n) is 3.85. The summed E-state index contributed by atoms with van der Waals surface area (Å²) < 4.78 is 25.6. The molecule has 0 saturated carbocycles. The number of aromatic amines is 1. The van der Waals surface area contributed by atoms with E-state index in [0.717, 1.165) is 11.2 Å². The summed E-state index contributed by atoms with van der Waals surface area (Å²) in [5.74, 6) is 0.685. The second kappa shape index (κ2) is 5.49. The highest BCUT2D eigenvalue weighted by atomic mass is 19.1. The van der Waals surface area contributed by atoms with Crippen LogP contribution in [0.15, 0.2) is 42.7 Å².